The number of benzene rings is 1. The van der Waals surface area contributed by atoms with Gasteiger partial charge in [-0.1, -0.05) is 31.0 Å². The van der Waals surface area contributed by atoms with Crippen molar-refractivity contribution in [3.05, 3.63) is 35.9 Å². The molecule has 2 fully saturated rings. The van der Waals surface area contributed by atoms with Gasteiger partial charge in [-0.3, -0.25) is 4.79 Å². The topological polar surface area (TPSA) is 55.8 Å². The Balaban J connectivity index is 1.81. The second-order valence-corrected chi connectivity index (χ2v) is 6.94. The third kappa shape index (κ3) is 3.76. The number of nitrogens with zero attached hydrogens (tertiary/aromatic N) is 1. The summed E-state index contributed by atoms with van der Waals surface area (Å²) in [6.45, 7) is 2.50. The van der Waals surface area contributed by atoms with Crippen molar-refractivity contribution >= 4 is 18.0 Å². The fraction of sp³-hybridized carbons (Fsp3) is 0.524. The average molecular weight is 357 g/mol. The highest BCUT2D eigenvalue weighted by Crippen LogP contribution is 2.40. The van der Waals surface area contributed by atoms with Crippen LogP contribution in [-0.4, -0.2) is 42.6 Å². The fourth-order valence-corrected chi connectivity index (χ4v) is 4.28. The Labute approximate surface area is 155 Å². The Morgan fingerprint density at radius 3 is 2.77 bits per heavy atom. The molecule has 1 aromatic carbocycles. The van der Waals surface area contributed by atoms with Gasteiger partial charge in [-0.05, 0) is 44.2 Å². The van der Waals surface area contributed by atoms with Crippen LogP contribution in [0.4, 0.5) is 0 Å². The second kappa shape index (κ2) is 8.39. The van der Waals surface area contributed by atoms with Gasteiger partial charge in [-0.2, -0.15) is 0 Å². The van der Waals surface area contributed by atoms with E-state index in [1.165, 1.54) is 13.5 Å². The summed E-state index contributed by atoms with van der Waals surface area (Å²) in [5.41, 5.74) is 0.858. The molecule has 0 aromatic heterocycles. The van der Waals surface area contributed by atoms with Crippen LogP contribution < -0.4 is 4.74 Å². The molecule has 5 heteroatoms. The number of para-hydroxylation sites is 1. The van der Waals surface area contributed by atoms with E-state index in [2.05, 4.69) is 0 Å². The molecule has 0 radical (unpaired) electrons. The van der Waals surface area contributed by atoms with Crippen LogP contribution in [0.2, 0.25) is 0 Å². The molecule has 5 nitrogen and oxygen atoms in total. The molecule has 3 rings (SSSR count). The number of esters is 1. The minimum absolute atomic E-state index is 0.124. The number of likely N-dealkylation sites (tertiary alicyclic amines) is 1. The molecule has 1 aromatic rings. The van der Waals surface area contributed by atoms with E-state index in [-0.39, 0.29) is 17.9 Å². The lowest BCUT2D eigenvalue weighted by atomic mass is 9.85. The summed E-state index contributed by atoms with van der Waals surface area (Å²) in [7, 11) is 1.39. The molecular weight excluding hydrogens is 330 g/mol. The van der Waals surface area contributed by atoms with Crippen LogP contribution in [-0.2, 0) is 14.3 Å². The van der Waals surface area contributed by atoms with Gasteiger partial charge in [0.05, 0.1) is 13.7 Å². The summed E-state index contributed by atoms with van der Waals surface area (Å²) in [6, 6.07) is 7.30. The average Bonchev–Trinajstić information content (AvgIpc) is 3.06. The molecule has 1 saturated carbocycles. The smallest absolute Gasteiger partial charge is 0.328 e. The Morgan fingerprint density at radius 1 is 1.23 bits per heavy atom. The molecule has 2 aliphatic rings. The summed E-state index contributed by atoms with van der Waals surface area (Å²) in [6.07, 6.45) is 8.38. The number of amides is 1. The van der Waals surface area contributed by atoms with Crippen LogP contribution in [0.3, 0.4) is 0 Å². The number of carbonyl (C=O) groups excluding carboxylic acids is 2. The monoisotopic (exact) mass is 357 g/mol. The van der Waals surface area contributed by atoms with Crippen LogP contribution in [0, 0.1) is 5.92 Å². The van der Waals surface area contributed by atoms with E-state index in [0.717, 1.165) is 30.6 Å². The highest BCUT2D eigenvalue weighted by molar-refractivity contribution is 5.95. The quantitative estimate of drug-likeness (QED) is 0.598. The van der Waals surface area contributed by atoms with Gasteiger partial charge in [0, 0.05) is 17.7 Å². The Hall–Kier alpha value is -2.30. The first-order valence-electron chi connectivity index (χ1n) is 9.45. The first-order chi connectivity index (χ1) is 12.7. The van der Waals surface area contributed by atoms with E-state index in [0.29, 0.717) is 18.9 Å². The molecule has 3 atom stereocenters. The van der Waals surface area contributed by atoms with Crippen molar-refractivity contribution in [3.63, 3.8) is 0 Å². The summed E-state index contributed by atoms with van der Waals surface area (Å²) in [5, 5.41) is 0. The summed E-state index contributed by atoms with van der Waals surface area (Å²) in [5.74, 6) is 0.721. The number of ether oxygens (including phenoxy) is 2. The van der Waals surface area contributed by atoms with Crippen molar-refractivity contribution in [2.24, 2.45) is 5.92 Å². The number of methoxy groups -OCH3 is 1. The molecule has 1 heterocycles. The number of carbonyl (C=O) groups is 2. The Kier molecular flexibility index (Phi) is 5.96. The standard InChI is InChI=1S/C21H27NO4/c1-3-26-19-11-7-5-8-15(19)12-13-20(23)22-17-10-6-4-9-16(17)14-18(22)21(24)25-2/h5,7-8,11-13,16-18H,3-4,6,9-10,14H2,1-2H3. The molecule has 0 N–H and O–H groups in total. The molecular formula is C21H27NO4. The van der Waals surface area contributed by atoms with E-state index < -0.39 is 6.04 Å². The fourth-order valence-electron chi connectivity index (χ4n) is 4.28. The first kappa shape index (κ1) is 18.5. The predicted molar refractivity (Wildman–Crippen MR) is 99.7 cm³/mol. The Morgan fingerprint density at radius 2 is 2.00 bits per heavy atom. The molecule has 0 bridgehead atoms. The number of hydrogen-bond acceptors (Lipinski definition) is 4. The van der Waals surface area contributed by atoms with Gasteiger partial charge >= 0.3 is 5.97 Å². The summed E-state index contributed by atoms with van der Waals surface area (Å²) in [4.78, 5) is 26.9. The lowest BCUT2D eigenvalue weighted by Crippen LogP contribution is -2.45. The zero-order valence-corrected chi connectivity index (χ0v) is 15.5. The van der Waals surface area contributed by atoms with Gasteiger partial charge < -0.3 is 14.4 Å². The maximum Gasteiger partial charge on any atom is 0.328 e. The molecule has 3 unspecified atom stereocenters. The van der Waals surface area contributed by atoms with Crippen molar-refractivity contribution in [3.8, 4) is 5.75 Å². The van der Waals surface area contributed by atoms with Crippen LogP contribution in [0.5, 0.6) is 5.75 Å². The molecule has 140 valence electrons. The Bertz CT molecular complexity index is 684. The lowest BCUT2D eigenvalue weighted by molar-refractivity contribution is -0.150. The lowest BCUT2D eigenvalue weighted by Gasteiger charge is -2.32. The van der Waals surface area contributed by atoms with Gasteiger partial charge in [0.1, 0.15) is 11.8 Å². The normalized spacial score (nSPS) is 25.2. The first-order valence-corrected chi connectivity index (χ1v) is 9.45. The van der Waals surface area contributed by atoms with Gasteiger partial charge in [0.2, 0.25) is 5.91 Å². The molecule has 1 amide bonds. The zero-order chi connectivity index (χ0) is 18.5. The molecule has 1 aliphatic carbocycles. The predicted octanol–water partition coefficient (Wildman–Crippen LogP) is 3.43. The van der Waals surface area contributed by atoms with Gasteiger partial charge in [0.15, 0.2) is 0 Å². The van der Waals surface area contributed by atoms with E-state index in [1.54, 1.807) is 17.1 Å². The van der Waals surface area contributed by atoms with E-state index >= 15 is 0 Å². The summed E-state index contributed by atoms with van der Waals surface area (Å²) < 4.78 is 10.6. The highest BCUT2D eigenvalue weighted by atomic mass is 16.5. The van der Waals surface area contributed by atoms with E-state index in [9.17, 15) is 9.59 Å². The van der Waals surface area contributed by atoms with Crippen molar-refractivity contribution in [2.45, 2.75) is 51.1 Å². The van der Waals surface area contributed by atoms with E-state index in [1.807, 2.05) is 31.2 Å². The molecule has 26 heavy (non-hydrogen) atoms. The van der Waals surface area contributed by atoms with Crippen molar-refractivity contribution in [1.29, 1.82) is 0 Å². The molecule has 0 spiro atoms. The number of hydrogen-bond donors (Lipinski definition) is 0. The van der Waals surface area contributed by atoms with Crippen LogP contribution in [0.15, 0.2) is 30.3 Å². The van der Waals surface area contributed by atoms with Crippen LogP contribution >= 0.6 is 0 Å². The summed E-state index contributed by atoms with van der Waals surface area (Å²) >= 11 is 0. The van der Waals surface area contributed by atoms with Gasteiger partial charge in [-0.25, -0.2) is 4.79 Å². The minimum atomic E-state index is -0.465. The third-order valence-corrected chi connectivity index (χ3v) is 5.44. The van der Waals surface area contributed by atoms with Gasteiger partial charge in [-0.15, -0.1) is 0 Å². The maximum absolute atomic E-state index is 13.0. The zero-order valence-electron chi connectivity index (χ0n) is 15.5. The van der Waals surface area contributed by atoms with Crippen molar-refractivity contribution in [1.82, 2.24) is 4.90 Å². The van der Waals surface area contributed by atoms with Crippen molar-refractivity contribution < 1.29 is 19.1 Å². The van der Waals surface area contributed by atoms with Gasteiger partial charge in [0.25, 0.3) is 0 Å². The minimum Gasteiger partial charge on any atom is -0.493 e. The third-order valence-electron chi connectivity index (χ3n) is 5.44. The van der Waals surface area contributed by atoms with Crippen molar-refractivity contribution in [2.75, 3.05) is 13.7 Å². The maximum atomic E-state index is 13.0. The number of rotatable bonds is 5. The highest BCUT2D eigenvalue weighted by Gasteiger charge is 2.47. The molecule has 1 saturated heterocycles. The SMILES string of the molecule is CCOc1ccccc1C=CC(=O)N1C(C(=O)OC)CC2CCCCC21. The molecule has 1 aliphatic heterocycles. The van der Waals surface area contributed by atoms with E-state index in [4.69, 9.17) is 9.47 Å². The van der Waals surface area contributed by atoms with Crippen LogP contribution in [0.25, 0.3) is 6.08 Å². The second-order valence-electron chi connectivity index (χ2n) is 6.94. The largest absolute Gasteiger partial charge is 0.493 e. The number of fused-ring (bicyclic) bond motifs is 1. The van der Waals surface area contributed by atoms with Crippen LogP contribution in [0.1, 0.15) is 44.6 Å².